The molecule has 0 atom stereocenters. The molecule has 1 aliphatic rings. The molecule has 7 nitrogen and oxygen atoms in total. The van der Waals surface area contributed by atoms with E-state index in [1.807, 2.05) is 24.3 Å². The Balaban J connectivity index is 1.54. The minimum atomic E-state index is -0.294. The number of amides is 2. The molecular weight excluding hydrogens is 368 g/mol. The van der Waals surface area contributed by atoms with Gasteiger partial charge in [-0.25, -0.2) is 0 Å². The van der Waals surface area contributed by atoms with Gasteiger partial charge in [0.2, 0.25) is 0 Å². The van der Waals surface area contributed by atoms with Gasteiger partial charge in [0.15, 0.2) is 0 Å². The second-order valence-corrected chi connectivity index (χ2v) is 7.40. The molecule has 2 N–H and O–H groups in total. The van der Waals surface area contributed by atoms with E-state index in [9.17, 15) is 9.59 Å². The number of hydrogen-bond acceptors (Lipinski definition) is 5. The van der Waals surface area contributed by atoms with Gasteiger partial charge in [-0.15, -0.1) is 0 Å². The number of rotatable bonds is 7. The number of pyridine rings is 1. The molecule has 1 aromatic carbocycles. The topological polar surface area (TPSA) is 83.6 Å². The molecule has 7 heteroatoms. The molecule has 1 aromatic heterocycles. The number of carbonyl (C=O) groups excluding carboxylic acids is 2. The van der Waals surface area contributed by atoms with E-state index >= 15 is 0 Å². The van der Waals surface area contributed by atoms with Crippen molar-refractivity contribution in [2.75, 3.05) is 44.7 Å². The highest BCUT2D eigenvalue weighted by atomic mass is 16.5. The van der Waals surface area contributed by atoms with Crippen LogP contribution in [0.4, 0.5) is 5.69 Å². The van der Waals surface area contributed by atoms with Gasteiger partial charge in [-0.2, -0.15) is 0 Å². The first-order valence-electron chi connectivity index (χ1n) is 9.97. The fourth-order valence-corrected chi connectivity index (χ4v) is 3.10. The van der Waals surface area contributed by atoms with Crippen molar-refractivity contribution in [2.24, 2.45) is 0 Å². The fourth-order valence-electron chi connectivity index (χ4n) is 3.10. The summed E-state index contributed by atoms with van der Waals surface area (Å²) in [4.78, 5) is 31.2. The van der Waals surface area contributed by atoms with E-state index in [0.717, 1.165) is 32.8 Å². The second kappa shape index (κ2) is 10.1. The normalized spacial score (nSPS) is 14.6. The zero-order valence-electron chi connectivity index (χ0n) is 17.0. The summed E-state index contributed by atoms with van der Waals surface area (Å²) in [5, 5.41) is 5.73. The standard InChI is InChI=1S/C22H28N4O3/c1-16(2)17-3-5-20(6-4-17)25-22(28)19-13-18(14-23-15-19)21(27)24-7-8-26-9-11-29-12-10-26/h3-6,13-16H,7-12H2,1-2H3,(H,24,27)(H,25,28). The predicted molar refractivity (Wildman–Crippen MR) is 112 cm³/mol. The van der Waals surface area contributed by atoms with Crippen LogP contribution in [0.3, 0.4) is 0 Å². The molecule has 2 heterocycles. The molecule has 0 spiro atoms. The highest BCUT2D eigenvalue weighted by Crippen LogP contribution is 2.17. The van der Waals surface area contributed by atoms with Crippen LogP contribution in [-0.4, -0.2) is 61.1 Å². The highest BCUT2D eigenvalue weighted by Gasteiger charge is 2.13. The first-order valence-corrected chi connectivity index (χ1v) is 9.97. The van der Waals surface area contributed by atoms with Crippen LogP contribution in [0.2, 0.25) is 0 Å². The largest absolute Gasteiger partial charge is 0.379 e. The number of nitrogens with one attached hydrogen (secondary N) is 2. The van der Waals surface area contributed by atoms with Crippen LogP contribution in [0.5, 0.6) is 0 Å². The highest BCUT2D eigenvalue weighted by molar-refractivity contribution is 6.05. The van der Waals surface area contributed by atoms with Crippen LogP contribution in [0.1, 0.15) is 46.0 Å². The number of benzene rings is 1. The van der Waals surface area contributed by atoms with Crippen molar-refractivity contribution in [1.29, 1.82) is 0 Å². The Hall–Kier alpha value is -2.77. The first-order chi connectivity index (χ1) is 14.0. The Morgan fingerprint density at radius 3 is 2.38 bits per heavy atom. The van der Waals surface area contributed by atoms with Gasteiger partial charge in [-0.05, 0) is 29.7 Å². The number of carbonyl (C=O) groups is 2. The number of nitrogens with zero attached hydrogens (tertiary/aromatic N) is 2. The molecule has 1 saturated heterocycles. The number of ether oxygens (including phenoxy) is 1. The van der Waals surface area contributed by atoms with Crippen molar-refractivity contribution in [2.45, 2.75) is 19.8 Å². The van der Waals surface area contributed by atoms with Gasteiger partial charge in [0.25, 0.3) is 11.8 Å². The van der Waals surface area contributed by atoms with Crippen molar-refractivity contribution in [3.05, 3.63) is 59.4 Å². The summed E-state index contributed by atoms with van der Waals surface area (Å²) in [7, 11) is 0. The number of hydrogen-bond donors (Lipinski definition) is 2. The summed E-state index contributed by atoms with van der Waals surface area (Å²) in [5.41, 5.74) is 2.63. The molecule has 2 aromatic rings. The molecule has 3 rings (SSSR count). The molecule has 0 saturated carbocycles. The molecule has 1 fully saturated rings. The lowest BCUT2D eigenvalue weighted by Crippen LogP contribution is -2.41. The maximum Gasteiger partial charge on any atom is 0.257 e. The first kappa shape index (κ1) is 21.0. The van der Waals surface area contributed by atoms with E-state index in [1.54, 1.807) is 6.07 Å². The molecule has 1 aliphatic heterocycles. The Bertz CT molecular complexity index is 830. The van der Waals surface area contributed by atoms with Gasteiger partial charge in [0.1, 0.15) is 0 Å². The Labute approximate surface area is 171 Å². The average Bonchev–Trinajstić information content (AvgIpc) is 2.75. The summed E-state index contributed by atoms with van der Waals surface area (Å²) in [5.74, 6) is -0.0955. The van der Waals surface area contributed by atoms with E-state index in [2.05, 4.69) is 34.4 Å². The maximum absolute atomic E-state index is 12.5. The third-order valence-electron chi connectivity index (χ3n) is 4.92. The number of aromatic nitrogens is 1. The van der Waals surface area contributed by atoms with Crippen LogP contribution in [-0.2, 0) is 4.74 Å². The summed E-state index contributed by atoms with van der Waals surface area (Å²) < 4.78 is 5.32. The molecule has 0 radical (unpaired) electrons. The molecule has 154 valence electrons. The second-order valence-electron chi connectivity index (χ2n) is 7.40. The van der Waals surface area contributed by atoms with Gasteiger partial charge >= 0.3 is 0 Å². The number of anilines is 1. The van der Waals surface area contributed by atoms with Crippen molar-refractivity contribution in [3.8, 4) is 0 Å². The summed E-state index contributed by atoms with van der Waals surface area (Å²) in [6.07, 6.45) is 2.93. The van der Waals surface area contributed by atoms with Crippen LogP contribution >= 0.6 is 0 Å². The monoisotopic (exact) mass is 396 g/mol. The van der Waals surface area contributed by atoms with Gasteiger partial charge in [0.05, 0.1) is 24.3 Å². The van der Waals surface area contributed by atoms with Crippen molar-refractivity contribution < 1.29 is 14.3 Å². The molecule has 0 unspecified atom stereocenters. The van der Waals surface area contributed by atoms with E-state index < -0.39 is 0 Å². The quantitative estimate of drug-likeness (QED) is 0.751. The van der Waals surface area contributed by atoms with Gasteiger partial charge in [0, 0.05) is 44.3 Å². The van der Waals surface area contributed by atoms with Crippen molar-refractivity contribution in [1.82, 2.24) is 15.2 Å². The molecule has 0 aliphatic carbocycles. The van der Waals surface area contributed by atoms with E-state index in [-0.39, 0.29) is 11.8 Å². The van der Waals surface area contributed by atoms with Crippen molar-refractivity contribution >= 4 is 17.5 Å². The van der Waals surface area contributed by atoms with Crippen molar-refractivity contribution in [3.63, 3.8) is 0 Å². The fraction of sp³-hybridized carbons (Fsp3) is 0.409. The Kier molecular flexibility index (Phi) is 7.32. The summed E-state index contributed by atoms with van der Waals surface area (Å²) in [6, 6.07) is 9.31. The van der Waals surface area contributed by atoms with Crippen LogP contribution in [0, 0.1) is 0 Å². The molecular formula is C22H28N4O3. The number of morpholine rings is 1. The zero-order chi connectivity index (χ0) is 20.6. The van der Waals surface area contributed by atoms with E-state index in [0.29, 0.717) is 29.3 Å². The maximum atomic E-state index is 12.5. The molecule has 2 amide bonds. The lowest BCUT2D eigenvalue weighted by atomic mass is 10.0. The van der Waals surface area contributed by atoms with Crippen LogP contribution in [0.25, 0.3) is 0 Å². The Morgan fingerprint density at radius 1 is 1.07 bits per heavy atom. The smallest absolute Gasteiger partial charge is 0.257 e. The van der Waals surface area contributed by atoms with Crippen LogP contribution in [0.15, 0.2) is 42.7 Å². The lowest BCUT2D eigenvalue weighted by Gasteiger charge is -2.26. The summed E-state index contributed by atoms with van der Waals surface area (Å²) >= 11 is 0. The lowest BCUT2D eigenvalue weighted by molar-refractivity contribution is 0.0383. The molecule has 29 heavy (non-hydrogen) atoms. The van der Waals surface area contributed by atoms with E-state index in [4.69, 9.17) is 4.74 Å². The predicted octanol–water partition coefficient (Wildman–Crippen LogP) is 2.52. The minimum absolute atomic E-state index is 0.235. The summed E-state index contributed by atoms with van der Waals surface area (Å²) in [6.45, 7) is 8.78. The van der Waals surface area contributed by atoms with Crippen LogP contribution < -0.4 is 10.6 Å². The van der Waals surface area contributed by atoms with Gasteiger partial charge < -0.3 is 15.4 Å². The zero-order valence-corrected chi connectivity index (χ0v) is 17.0. The van der Waals surface area contributed by atoms with Gasteiger partial charge in [-0.1, -0.05) is 26.0 Å². The Morgan fingerprint density at radius 2 is 1.72 bits per heavy atom. The average molecular weight is 396 g/mol. The SMILES string of the molecule is CC(C)c1ccc(NC(=O)c2cncc(C(=O)NCCN3CCOCC3)c2)cc1. The third-order valence-corrected chi connectivity index (χ3v) is 4.92. The third kappa shape index (κ3) is 6.10. The van der Waals surface area contributed by atoms with E-state index in [1.165, 1.54) is 18.0 Å². The van der Waals surface area contributed by atoms with Gasteiger partial charge in [-0.3, -0.25) is 19.5 Å². The molecule has 0 bridgehead atoms. The minimum Gasteiger partial charge on any atom is -0.379 e.